The number of rotatable bonds is 6. The summed E-state index contributed by atoms with van der Waals surface area (Å²) >= 11 is 5.60. The Labute approximate surface area is 167 Å². The highest BCUT2D eigenvalue weighted by atomic mass is 35.5. The number of sulfonamides is 1. The van der Waals surface area contributed by atoms with E-state index in [4.69, 9.17) is 11.6 Å². The molecule has 0 amide bonds. The Morgan fingerprint density at radius 3 is 1.96 bits per heavy atom. The predicted octanol–water partition coefficient (Wildman–Crippen LogP) is 2.25. The molecule has 1 fully saturated rings. The van der Waals surface area contributed by atoms with Crippen LogP contribution in [-0.4, -0.2) is 69.0 Å². The van der Waals surface area contributed by atoms with Crippen LogP contribution in [0.2, 0.25) is 5.02 Å². The highest BCUT2D eigenvalue weighted by Gasteiger charge is 2.41. The van der Waals surface area contributed by atoms with Gasteiger partial charge in [-0.25, -0.2) is 8.42 Å². The van der Waals surface area contributed by atoms with Crippen LogP contribution < -0.4 is 0 Å². The molecule has 0 spiro atoms. The molecule has 1 aliphatic heterocycles. The monoisotopic (exact) mass is 463 g/mol. The molecule has 0 radical (unpaired) electrons. The lowest BCUT2D eigenvalue weighted by atomic mass is 10.2. The fourth-order valence-electron chi connectivity index (χ4n) is 2.94. The van der Waals surface area contributed by atoms with Crippen LogP contribution in [0.4, 0.5) is 13.2 Å². The zero-order valence-corrected chi connectivity index (χ0v) is 17.7. The van der Waals surface area contributed by atoms with E-state index >= 15 is 0 Å². The van der Waals surface area contributed by atoms with Crippen molar-refractivity contribution in [2.45, 2.75) is 24.9 Å². The maximum Gasteiger partial charge on any atom is 0.417 e. The molecule has 1 aliphatic rings. The van der Waals surface area contributed by atoms with E-state index in [1.807, 2.05) is 0 Å². The van der Waals surface area contributed by atoms with E-state index in [1.54, 1.807) is 13.8 Å². The van der Waals surface area contributed by atoms with E-state index < -0.39 is 36.9 Å². The van der Waals surface area contributed by atoms with Gasteiger partial charge < -0.3 is 0 Å². The second kappa shape index (κ2) is 8.44. The molecule has 13 heteroatoms. The number of hydrogen-bond donors (Lipinski definition) is 0. The summed E-state index contributed by atoms with van der Waals surface area (Å²) < 4.78 is 93.6. The zero-order chi connectivity index (χ0) is 21.3. The molecule has 1 saturated heterocycles. The number of nitrogens with zero attached hydrogens (tertiary/aromatic N) is 3. The first-order valence-electron chi connectivity index (χ1n) is 8.47. The second-order valence-corrected chi connectivity index (χ2v) is 10.3. The van der Waals surface area contributed by atoms with E-state index in [0.717, 1.165) is 20.7 Å². The van der Waals surface area contributed by atoms with Gasteiger partial charge in [-0.1, -0.05) is 25.4 Å². The minimum atomic E-state index is -4.90. The van der Waals surface area contributed by atoms with Crippen LogP contribution in [0.25, 0.3) is 0 Å². The first kappa shape index (κ1) is 23.4. The third kappa shape index (κ3) is 4.62. The summed E-state index contributed by atoms with van der Waals surface area (Å²) in [6.45, 7) is 3.10. The van der Waals surface area contributed by atoms with Gasteiger partial charge in [-0.15, -0.1) is 0 Å². The van der Waals surface area contributed by atoms with Gasteiger partial charge in [-0.3, -0.25) is 0 Å². The molecule has 0 aromatic heterocycles. The molecule has 1 heterocycles. The smallest absolute Gasteiger partial charge is 0.207 e. The lowest BCUT2D eigenvalue weighted by molar-refractivity contribution is -0.139. The zero-order valence-electron chi connectivity index (χ0n) is 15.3. The summed E-state index contributed by atoms with van der Waals surface area (Å²) in [5, 5.41) is -0.235. The Balaban J connectivity index is 2.28. The quantitative estimate of drug-likeness (QED) is 0.648. The lowest BCUT2D eigenvalue weighted by Gasteiger charge is -2.35. The molecule has 0 aliphatic carbocycles. The van der Waals surface area contributed by atoms with Crippen LogP contribution in [0.15, 0.2) is 23.1 Å². The number of hydrogen-bond acceptors (Lipinski definition) is 4. The molecular formula is C15H21ClF3N3O4S2. The highest BCUT2D eigenvalue weighted by Crippen LogP contribution is 2.37. The normalized spacial score (nSPS) is 18.0. The SMILES string of the molecule is CCN(CC)S(=O)(=O)N1CCN(S(=O)(=O)c2ccc(Cl)cc2C(F)(F)F)CC1. The molecule has 0 bridgehead atoms. The van der Waals surface area contributed by atoms with Crippen LogP contribution in [0, 0.1) is 0 Å². The average molecular weight is 464 g/mol. The number of piperazine rings is 1. The van der Waals surface area contributed by atoms with E-state index in [1.165, 1.54) is 4.31 Å². The summed E-state index contributed by atoms with van der Waals surface area (Å²) in [7, 11) is -8.22. The third-order valence-corrected chi connectivity index (χ3v) is 8.80. The predicted molar refractivity (Wildman–Crippen MR) is 98.6 cm³/mol. The number of benzene rings is 1. The van der Waals surface area contributed by atoms with Crippen LogP contribution in [0.5, 0.6) is 0 Å². The van der Waals surface area contributed by atoms with Gasteiger partial charge in [0.25, 0.3) is 10.2 Å². The number of alkyl halides is 3. The molecular weight excluding hydrogens is 443 g/mol. The van der Waals surface area contributed by atoms with Crippen molar-refractivity contribution in [3.63, 3.8) is 0 Å². The molecule has 1 aromatic carbocycles. The van der Waals surface area contributed by atoms with E-state index in [9.17, 15) is 30.0 Å². The van der Waals surface area contributed by atoms with Gasteiger partial charge in [0.05, 0.1) is 10.5 Å². The summed E-state index contributed by atoms with van der Waals surface area (Å²) in [4.78, 5) is -0.899. The molecule has 0 N–H and O–H groups in total. The van der Waals surface area contributed by atoms with E-state index in [0.29, 0.717) is 6.07 Å². The largest absolute Gasteiger partial charge is 0.417 e. The van der Waals surface area contributed by atoms with Gasteiger partial charge in [0.2, 0.25) is 10.0 Å². The summed E-state index contributed by atoms with van der Waals surface area (Å²) in [5.41, 5.74) is -1.35. The Morgan fingerprint density at radius 1 is 1.00 bits per heavy atom. The second-order valence-electron chi connectivity index (χ2n) is 6.03. The van der Waals surface area contributed by atoms with Crippen LogP contribution in [0.3, 0.4) is 0 Å². The van der Waals surface area contributed by atoms with E-state index in [2.05, 4.69) is 0 Å². The van der Waals surface area contributed by atoms with Gasteiger partial charge in [0.15, 0.2) is 0 Å². The Bertz CT molecular complexity index is 911. The Kier molecular flexibility index (Phi) is 7.04. The van der Waals surface area contributed by atoms with Crippen molar-refractivity contribution in [1.82, 2.24) is 12.9 Å². The van der Waals surface area contributed by atoms with Crippen molar-refractivity contribution < 1.29 is 30.0 Å². The average Bonchev–Trinajstić information content (AvgIpc) is 2.61. The van der Waals surface area contributed by atoms with Crippen molar-refractivity contribution in [2.24, 2.45) is 0 Å². The van der Waals surface area contributed by atoms with Crippen LogP contribution >= 0.6 is 11.6 Å². The highest BCUT2D eigenvalue weighted by molar-refractivity contribution is 7.89. The standard InChI is InChI=1S/C15H21ClF3N3O4S2/c1-3-20(4-2)28(25,26)22-9-7-21(8-10-22)27(23,24)14-6-5-12(16)11-13(14)15(17,18)19/h5-6,11H,3-4,7-10H2,1-2H3. The van der Waals surface area contributed by atoms with Gasteiger partial charge in [-0.2, -0.15) is 34.5 Å². The van der Waals surface area contributed by atoms with Crippen LogP contribution in [0.1, 0.15) is 19.4 Å². The molecule has 0 saturated carbocycles. The minimum Gasteiger partial charge on any atom is -0.207 e. The van der Waals surface area contributed by atoms with Gasteiger partial charge in [0, 0.05) is 44.3 Å². The fourth-order valence-corrected chi connectivity index (χ4v) is 6.33. The molecule has 1 aromatic rings. The van der Waals surface area contributed by atoms with Gasteiger partial charge in [-0.05, 0) is 18.2 Å². The topological polar surface area (TPSA) is 78.0 Å². The van der Waals surface area contributed by atoms with Crippen molar-refractivity contribution in [1.29, 1.82) is 0 Å². The van der Waals surface area contributed by atoms with Crippen LogP contribution in [-0.2, 0) is 26.4 Å². The summed E-state index contributed by atoms with van der Waals surface area (Å²) in [6.07, 6.45) is -4.90. The van der Waals surface area contributed by atoms with Crippen molar-refractivity contribution in [3.8, 4) is 0 Å². The fraction of sp³-hybridized carbons (Fsp3) is 0.600. The Hall–Kier alpha value is -0.920. The molecule has 0 unspecified atom stereocenters. The molecule has 160 valence electrons. The molecule has 7 nitrogen and oxygen atoms in total. The maximum atomic E-state index is 13.3. The van der Waals surface area contributed by atoms with Gasteiger partial charge in [0.1, 0.15) is 0 Å². The molecule has 0 atom stereocenters. The first-order valence-corrected chi connectivity index (χ1v) is 11.7. The minimum absolute atomic E-state index is 0.146. The third-order valence-electron chi connectivity index (χ3n) is 4.42. The summed E-state index contributed by atoms with van der Waals surface area (Å²) in [5.74, 6) is 0. The first-order chi connectivity index (χ1) is 12.9. The molecule has 28 heavy (non-hydrogen) atoms. The molecule has 2 rings (SSSR count). The summed E-state index contributed by atoms with van der Waals surface area (Å²) in [6, 6.07) is 2.46. The van der Waals surface area contributed by atoms with Gasteiger partial charge >= 0.3 is 6.18 Å². The number of halogens is 4. The van der Waals surface area contributed by atoms with E-state index in [-0.39, 0.29) is 44.3 Å². The van der Waals surface area contributed by atoms with Crippen molar-refractivity contribution >= 4 is 31.8 Å². The van der Waals surface area contributed by atoms with Crippen molar-refractivity contribution in [3.05, 3.63) is 28.8 Å². The lowest BCUT2D eigenvalue weighted by Crippen LogP contribution is -2.54. The van der Waals surface area contributed by atoms with Crippen molar-refractivity contribution in [2.75, 3.05) is 39.3 Å². The Morgan fingerprint density at radius 2 is 1.50 bits per heavy atom. The maximum absolute atomic E-state index is 13.3.